The molecule has 0 aliphatic heterocycles. The summed E-state index contributed by atoms with van der Waals surface area (Å²) in [5.74, 6) is -0.818. The Hall–Kier alpha value is -2.27. The third kappa shape index (κ3) is 4.96. The van der Waals surface area contributed by atoms with E-state index in [0.717, 1.165) is 0 Å². The summed E-state index contributed by atoms with van der Waals surface area (Å²) in [5, 5.41) is 5.58. The van der Waals surface area contributed by atoms with E-state index in [4.69, 9.17) is 0 Å². The first-order valence-electron chi connectivity index (χ1n) is 6.65. The fraction of sp³-hybridized carbons (Fsp3) is 0.188. The molecular weight excluding hydrogens is 274 g/mol. The molecule has 0 radical (unpaired) electrons. The summed E-state index contributed by atoms with van der Waals surface area (Å²) < 4.78 is 26.1. The molecule has 0 fully saturated rings. The lowest BCUT2D eigenvalue weighted by Crippen LogP contribution is -2.29. The van der Waals surface area contributed by atoms with E-state index in [0.29, 0.717) is 24.2 Å². The molecule has 0 spiro atoms. The van der Waals surface area contributed by atoms with Gasteiger partial charge in [0.15, 0.2) is 0 Å². The van der Waals surface area contributed by atoms with Crippen LogP contribution in [0.3, 0.4) is 0 Å². The average Bonchev–Trinajstić information content (AvgIpc) is 2.48. The van der Waals surface area contributed by atoms with Crippen molar-refractivity contribution in [1.29, 1.82) is 0 Å². The van der Waals surface area contributed by atoms with E-state index in [1.54, 1.807) is 18.2 Å². The number of benzene rings is 2. The van der Waals surface area contributed by atoms with E-state index in [1.807, 2.05) is 0 Å². The number of nitrogens with one attached hydrogen (secondary N) is 2. The average molecular weight is 290 g/mol. The minimum atomic E-state index is -0.351. The Morgan fingerprint density at radius 3 is 2.43 bits per heavy atom. The molecule has 1 amide bonds. The Kier molecular flexibility index (Phi) is 5.40. The third-order valence-corrected chi connectivity index (χ3v) is 2.94. The number of hydrogen-bond donors (Lipinski definition) is 2. The second-order valence-electron chi connectivity index (χ2n) is 4.57. The van der Waals surface area contributed by atoms with Crippen LogP contribution in [-0.2, 0) is 11.2 Å². The maximum atomic E-state index is 13.4. The lowest BCUT2D eigenvalue weighted by Gasteiger charge is -2.07. The van der Waals surface area contributed by atoms with Gasteiger partial charge in [-0.2, -0.15) is 0 Å². The molecule has 2 rings (SSSR count). The molecule has 0 saturated heterocycles. The van der Waals surface area contributed by atoms with Crippen molar-refractivity contribution in [2.75, 3.05) is 18.4 Å². The number of carbonyl (C=O) groups is 1. The highest BCUT2D eigenvalue weighted by molar-refractivity contribution is 5.92. The monoisotopic (exact) mass is 290 g/mol. The van der Waals surface area contributed by atoms with Crippen LogP contribution in [0.25, 0.3) is 0 Å². The van der Waals surface area contributed by atoms with E-state index in [1.165, 1.54) is 30.3 Å². The Bertz CT molecular complexity index is 599. The quantitative estimate of drug-likeness (QED) is 0.803. The Morgan fingerprint density at radius 1 is 1.00 bits per heavy atom. The minimum Gasteiger partial charge on any atom is -0.325 e. The van der Waals surface area contributed by atoms with Gasteiger partial charge in [0.1, 0.15) is 11.6 Å². The van der Waals surface area contributed by atoms with Gasteiger partial charge in [0.25, 0.3) is 0 Å². The molecule has 0 unspecified atom stereocenters. The maximum Gasteiger partial charge on any atom is 0.238 e. The van der Waals surface area contributed by atoms with E-state index >= 15 is 0 Å². The SMILES string of the molecule is O=C(CNCCc1ccccc1F)Nc1ccc(F)cc1. The molecule has 2 N–H and O–H groups in total. The van der Waals surface area contributed by atoms with Gasteiger partial charge >= 0.3 is 0 Å². The lowest BCUT2D eigenvalue weighted by molar-refractivity contribution is -0.115. The highest BCUT2D eigenvalue weighted by atomic mass is 19.1. The summed E-state index contributed by atoms with van der Waals surface area (Å²) in [7, 11) is 0. The molecule has 0 saturated carbocycles. The fourth-order valence-electron chi connectivity index (χ4n) is 1.86. The second kappa shape index (κ2) is 7.50. The second-order valence-corrected chi connectivity index (χ2v) is 4.57. The number of rotatable bonds is 6. The van der Waals surface area contributed by atoms with Gasteiger partial charge in [-0.25, -0.2) is 8.78 Å². The van der Waals surface area contributed by atoms with Crippen LogP contribution < -0.4 is 10.6 Å². The van der Waals surface area contributed by atoms with Crippen LogP contribution in [-0.4, -0.2) is 19.0 Å². The molecular formula is C16H16F2N2O. The summed E-state index contributed by atoms with van der Waals surface area (Å²) in [5.41, 5.74) is 1.15. The van der Waals surface area contributed by atoms with E-state index in [-0.39, 0.29) is 24.1 Å². The Morgan fingerprint density at radius 2 is 1.71 bits per heavy atom. The van der Waals surface area contributed by atoms with Gasteiger partial charge in [0.2, 0.25) is 5.91 Å². The predicted molar refractivity (Wildman–Crippen MR) is 78.0 cm³/mol. The van der Waals surface area contributed by atoms with Crippen molar-refractivity contribution in [3.63, 3.8) is 0 Å². The third-order valence-electron chi connectivity index (χ3n) is 2.94. The van der Waals surface area contributed by atoms with Crippen LogP contribution in [0.1, 0.15) is 5.56 Å². The molecule has 110 valence electrons. The first kappa shape index (κ1) is 15.1. The highest BCUT2D eigenvalue weighted by Gasteiger charge is 2.03. The van der Waals surface area contributed by atoms with Gasteiger partial charge in [-0.15, -0.1) is 0 Å². The van der Waals surface area contributed by atoms with Crippen LogP contribution in [0.4, 0.5) is 14.5 Å². The molecule has 21 heavy (non-hydrogen) atoms. The van der Waals surface area contributed by atoms with Crippen molar-refractivity contribution >= 4 is 11.6 Å². The summed E-state index contributed by atoms with van der Waals surface area (Å²) >= 11 is 0. The summed E-state index contributed by atoms with van der Waals surface area (Å²) in [6, 6.07) is 12.1. The Balaban J connectivity index is 1.70. The van der Waals surface area contributed by atoms with Crippen molar-refractivity contribution in [2.24, 2.45) is 0 Å². The Labute approximate surface area is 122 Å². The molecule has 3 nitrogen and oxygen atoms in total. The van der Waals surface area contributed by atoms with Crippen LogP contribution in [0.5, 0.6) is 0 Å². The first-order valence-corrected chi connectivity index (χ1v) is 6.65. The molecule has 0 aliphatic rings. The predicted octanol–water partition coefficient (Wildman–Crippen LogP) is 2.74. The topological polar surface area (TPSA) is 41.1 Å². The lowest BCUT2D eigenvalue weighted by atomic mass is 10.1. The number of amides is 1. The largest absolute Gasteiger partial charge is 0.325 e. The maximum absolute atomic E-state index is 13.4. The fourth-order valence-corrected chi connectivity index (χ4v) is 1.86. The molecule has 0 aliphatic carbocycles. The van der Waals surface area contributed by atoms with E-state index in [2.05, 4.69) is 10.6 Å². The molecule has 5 heteroatoms. The number of hydrogen-bond acceptors (Lipinski definition) is 2. The van der Waals surface area contributed by atoms with Gasteiger partial charge in [-0.3, -0.25) is 4.79 Å². The zero-order valence-electron chi connectivity index (χ0n) is 11.4. The number of halogens is 2. The zero-order chi connectivity index (χ0) is 15.1. The standard InChI is InChI=1S/C16H16F2N2O/c17-13-5-7-14(8-6-13)20-16(21)11-19-10-9-12-3-1-2-4-15(12)18/h1-8,19H,9-11H2,(H,20,21). The molecule has 0 aromatic heterocycles. The summed E-state index contributed by atoms with van der Waals surface area (Å²) in [6.07, 6.45) is 0.510. The minimum absolute atomic E-state index is 0.117. The number of carbonyl (C=O) groups excluding carboxylic acids is 1. The van der Waals surface area contributed by atoms with Gasteiger partial charge < -0.3 is 10.6 Å². The van der Waals surface area contributed by atoms with Crippen LogP contribution in [0.15, 0.2) is 48.5 Å². The summed E-state index contributed by atoms with van der Waals surface area (Å²) in [4.78, 5) is 11.6. The smallest absolute Gasteiger partial charge is 0.238 e. The van der Waals surface area contributed by atoms with Gasteiger partial charge in [-0.1, -0.05) is 18.2 Å². The normalized spacial score (nSPS) is 10.4. The van der Waals surface area contributed by atoms with Crippen LogP contribution >= 0.6 is 0 Å². The molecule has 0 heterocycles. The van der Waals surface area contributed by atoms with Gasteiger partial charge in [0, 0.05) is 5.69 Å². The van der Waals surface area contributed by atoms with Crippen LogP contribution in [0, 0.1) is 11.6 Å². The van der Waals surface area contributed by atoms with Crippen LogP contribution in [0.2, 0.25) is 0 Å². The van der Waals surface area contributed by atoms with Crippen molar-refractivity contribution in [3.05, 3.63) is 65.7 Å². The molecule has 2 aromatic rings. The molecule has 2 aromatic carbocycles. The van der Waals surface area contributed by atoms with Crippen molar-refractivity contribution in [3.8, 4) is 0 Å². The van der Waals surface area contributed by atoms with Crippen molar-refractivity contribution < 1.29 is 13.6 Å². The molecule has 0 bridgehead atoms. The zero-order valence-corrected chi connectivity index (χ0v) is 11.4. The van der Waals surface area contributed by atoms with Gasteiger partial charge in [-0.05, 0) is 48.9 Å². The first-order chi connectivity index (χ1) is 10.1. The number of anilines is 1. The summed E-state index contributed by atoms with van der Waals surface area (Å²) in [6.45, 7) is 0.615. The van der Waals surface area contributed by atoms with Crippen molar-refractivity contribution in [1.82, 2.24) is 5.32 Å². The van der Waals surface area contributed by atoms with E-state index in [9.17, 15) is 13.6 Å². The van der Waals surface area contributed by atoms with Gasteiger partial charge in [0.05, 0.1) is 6.54 Å². The van der Waals surface area contributed by atoms with E-state index < -0.39 is 0 Å². The molecule has 0 atom stereocenters. The van der Waals surface area contributed by atoms with Crippen molar-refractivity contribution in [2.45, 2.75) is 6.42 Å². The highest BCUT2D eigenvalue weighted by Crippen LogP contribution is 2.08.